The number of halogens is 4. The summed E-state index contributed by atoms with van der Waals surface area (Å²) in [6, 6.07) is -39.7. The first-order chi connectivity index (χ1) is 95.7. The first-order valence-electron chi connectivity index (χ1n) is 76.3. The molecule has 144 heavy (non-hydrogen) atoms. The lowest BCUT2D eigenvalue weighted by molar-refractivity contribution is -0.0629. The summed E-state index contributed by atoms with van der Waals surface area (Å²) < 4.78 is 667. The van der Waals surface area contributed by atoms with E-state index in [2.05, 4.69) is 112 Å². The second kappa shape index (κ2) is 47.3. The van der Waals surface area contributed by atoms with Gasteiger partial charge in [-0.3, -0.25) is 0 Å². The first kappa shape index (κ1) is 49.3. The third-order valence-electron chi connectivity index (χ3n) is 19.3. The van der Waals surface area contributed by atoms with Gasteiger partial charge in [0.1, 0.15) is 71.9 Å². The van der Waals surface area contributed by atoms with Crippen LogP contribution in [0.2, 0.25) is 0 Å². The molecule has 0 spiro atoms. The molecule has 8 fully saturated rings. The van der Waals surface area contributed by atoms with Crippen LogP contribution in [0.25, 0.3) is 44.7 Å². The van der Waals surface area contributed by atoms with Crippen LogP contribution in [0, 0.1) is 51.0 Å². The normalized spacial score (nSPS) is 50.6. The molecule has 24 atom stereocenters. The van der Waals surface area contributed by atoms with E-state index in [0.29, 0.717) is 0 Å². The Morgan fingerprint density at radius 1 is 0.361 bits per heavy atom. The molecule has 776 valence electrons. The second-order valence-electron chi connectivity index (χ2n) is 28.9. The van der Waals surface area contributed by atoms with Crippen molar-refractivity contribution in [3.8, 4) is 0 Å². The Balaban J connectivity index is 0.000000183. The monoisotopic (exact) mass is 2140 g/mol. The van der Waals surface area contributed by atoms with Crippen molar-refractivity contribution in [1.82, 2.24) is 99.8 Å². The average Bonchev–Trinajstić information content (AvgIpc) is 1.46. The molecule has 0 amide bonds. The number of thioether (sulfide) groups is 4. The van der Waals surface area contributed by atoms with Crippen LogP contribution in [-0.4, -0.2) is 334 Å². The van der Waals surface area contributed by atoms with Gasteiger partial charge in [0, 0.05) is 137 Å². The van der Waals surface area contributed by atoms with Crippen LogP contribution in [-0.2, 0) is 18.9 Å². The van der Waals surface area contributed by atoms with E-state index >= 15 is 0 Å². The number of nitrogens with zero attached hydrogens (tertiary/aromatic N) is 20. The number of aliphatic hydroxyl groups is 12. The number of hydrogen-bond acceptors (Lipinski definition) is 40. The van der Waals surface area contributed by atoms with Gasteiger partial charge in [-0.25, -0.2) is 76.2 Å². The van der Waals surface area contributed by atoms with Crippen molar-refractivity contribution in [3.05, 3.63) is 140 Å². The molecular weight excluding hydrogens is 1950 g/mol. The minimum atomic E-state index is -4.48. The molecule has 8 saturated carbocycles. The van der Waals surface area contributed by atoms with Gasteiger partial charge in [0.05, 0.1) is 156 Å². The Bertz CT molecular complexity index is 10300. The van der Waals surface area contributed by atoms with Crippen molar-refractivity contribution in [3.63, 3.8) is 0 Å². The fraction of sp³-hybridized carbons (Fsp3) is 0.583. The van der Waals surface area contributed by atoms with Crippen LogP contribution in [0.1, 0.15) is 292 Å². The first-order valence-corrected chi connectivity index (χ1v) is 44.6. The molecule has 8 aliphatic carbocycles. The summed E-state index contributed by atoms with van der Waals surface area (Å²) in [4.78, 5) is 32.1. The highest BCUT2D eigenvalue weighted by Gasteiger charge is 2.51. The zero-order valence-electron chi connectivity index (χ0n) is 145. The van der Waals surface area contributed by atoms with Gasteiger partial charge in [0.2, 0.25) is 0 Å². The van der Waals surface area contributed by atoms with E-state index in [9.17, 15) is 78.8 Å². The highest BCUT2D eigenvalue weighted by atomic mass is 32.2. The molecule has 0 aliphatic heterocycles. The molecule has 12 aromatic rings. The predicted octanol–water partition coefficient (Wildman–Crippen LogP) is 8.73. The van der Waals surface area contributed by atoms with Gasteiger partial charge in [0.25, 0.3) is 0 Å². The SMILES string of the molecule is [2H]c1c([2H])c([C@]2([2H])C([2H])([2H])[C@@]2([2H])Nc2nc(SC([2H])([2H])C([2H])([2H])C)nc3c2nnn3[C@]2([2H])C([2H])([2H])[C@]([2H])(OCCO)[C@@]([2H])(O)[C@@]2([2H])O)c([2H])c(F)c1C.[2H]c1c([2H])c([C@]2([2H])C([2H])([2H])[C@@]2([2H])Nc2nc(SC([2H])([2H])CC)nc3c2nnn3[C@]2([2H])C([2H])([2H])[C@]([2H])(OC([2H])([2H])C([2H])([2H])O)[C@@]([2H])(O)[C@@]2([2H])O)c([2H])c(F)c1C.[2H]c1c([2H])c([C@]2([2H])C([2H])([2H])[C@@]2([2H])Nc2nc(SC([2H])([2H])CC)nc3c2nnn3[C@]2([2H])C([2H])([2H])[C@]([2H])(OC([2H])([2H])CO)[C@@]([2H])(O)[C@@]2([2H])O)c([2H])c(F)c1C.[2H]c1c([2H])c([C@]2([2H])C([2H])([2H])[C@@]2([2H])Nc2nc(SC([2H])([2H])CC)nc3c2nnn3[C@]2([2H])C([2H])([2H])[C@]([2H])(OCC([2H])([2H])O)[C@@]([2H])(O)[C@@]2([2H])O)c([2H])c(F)c1C. The Hall–Kier alpha value is -9.52. The Morgan fingerprint density at radius 3 is 0.889 bits per heavy atom. The maximum Gasteiger partial charge on any atom is 0.191 e. The molecule has 40 nitrogen and oxygen atoms in total. The molecule has 16 N–H and O–H groups in total. The molecule has 8 aromatic heterocycles. The Kier molecular flexibility index (Phi) is 16.2. The van der Waals surface area contributed by atoms with Gasteiger partial charge < -0.3 is 101 Å². The van der Waals surface area contributed by atoms with Crippen molar-refractivity contribution in [2.45, 2.75) is 297 Å². The molecule has 20 rings (SSSR count). The number of rotatable bonds is 40. The van der Waals surface area contributed by atoms with Gasteiger partial charge >= 0.3 is 0 Å². The van der Waals surface area contributed by atoms with E-state index in [-0.39, 0.29) is 85.0 Å². The summed E-state index contributed by atoms with van der Waals surface area (Å²) in [5.74, 6) is -21.0. The van der Waals surface area contributed by atoms with Crippen LogP contribution < -0.4 is 21.3 Å². The predicted molar refractivity (Wildman–Crippen MR) is 530 cm³/mol. The smallest absolute Gasteiger partial charge is 0.191 e. The summed E-state index contributed by atoms with van der Waals surface area (Å²) >= 11 is 0.719. The highest BCUT2D eigenvalue weighted by molar-refractivity contribution is 7.99. The summed E-state index contributed by atoms with van der Waals surface area (Å²) in [5.41, 5.74) is -22.5. The number of nitrogens with one attached hydrogen (secondary N) is 4. The number of hydrogen-bond donors (Lipinski definition) is 16. The summed E-state index contributed by atoms with van der Waals surface area (Å²) in [5, 5.41) is 162. The van der Waals surface area contributed by atoms with Gasteiger partial charge in [-0.15, -0.1) is 20.4 Å². The van der Waals surface area contributed by atoms with Crippen LogP contribution >= 0.6 is 47.0 Å². The highest BCUT2D eigenvalue weighted by Crippen LogP contribution is 2.50. The number of aliphatic hydroxyl groups excluding tert-OH is 2. The fourth-order valence-electron chi connectivity index (χ4n) is 12.3. The minimum Gasteiger partial charge on any atom is -0.394 e. The topological polar surface area (TPSA) is 554 Å². The summed E-state index contributed by atoms with van der Waals surface area (Å²) in [6.45, 7) is -10.6. The molecule has 0 radical (unpaired) electrons. The lowest BCUT2D eigenvalue weighted by Crippen LogP contribution is -2.33. The van der Waals surface area contributed by atoms with Crippen LogP contribution in [0.15, 0.2) is 93.1 Å². The number of aromatic nitrogens is 20. The molecule has 0 unspecified atom stereocenters. The van der Waals surface area contributed by atoms with E-state index in [1.807, 2.05) is 0 Å². The number of anilines is 4. The van der Waals surface area contributed by atoms with Crippen LogP contribution in [0.5, 0.6) is 0 Å². The maximum absolute atomic E-state index is 15.0. The quantitative estimate of drug-likeness (QED) is 0.00969. The lowest BCUT2D eigenvalue weighted by atomic mass is 10.1. The van der Waals surface area contributed by atoms with Crippen molar-refractivity contribution < 1.29 is 194 Å². The van der Waals surface area contributed by atoms with E-state index in [4.69, 9.17) is 105 Å². The molecule has 8 heterocycles. The molecule has 8 aliphatic rings. The Morgan fingerprint density at radius 2 is 0.632 bits per heavy atom. The standard InChI is InChI=1S/4C24H31FN6O4S/c4*1-3-8-36-24-27-22(26-16-10-14(16)13-5-4-12(2)15(25)9-13)19-23(28-24)31(30-29-19)17-11-18(35-7-6-32)21(34)20(17)33/h4*4-5,9,14,16-18,20-21,32-34H,3,6-8,10-11H2,1-2H3,(H,26,27,28)/t4*14-,16+,17+,18-,20-,21+/m0000/s1/i4D,5D,6D2,7D2,8D2,9D,10D2,11D2,14D,16D,17D,18D,20D,21D;4D,5D,7D2,8D2,9D,10D2,11D2,14D,16D,17D,18D,20D,21D;4D,5D,6D2,8D2,9D,10D2,11D2,14D,16D,17D,18D,20D,21D;3D2,4D,5D,8D2,9D,10D2,11D2,14D,16D,17D,18D,20D,21D. The summed E-state index contributed by atoms with van der Waals surface area (Å²) in [7, 11) is 0. The van der Waals surface area contributed by atoms with E-state index in [1.54, 1.807) is 0 Å². The molecule has 0 bridgehead atoms. The Labute approximate surface area is 942 Å². The van der Waals surface area contributed by atoms with Crippen molar-refractivity contribution in [1.29, 1.82) is 0 Å². The zero-order chi connectivity index (χ0) is 165. The van der Waals surface area contributed by atoms with Gasteiger partial charge in [-0.1, -0.05) is 144 Å². The molecule has 0 saturated heterocycles. The van der Waals surface area contributed by atoms with Crippen molar-refractivity contribution in [2.75, 3.05) is 96.8 Å². The van der Waals surface area contributed by atoms with Crippen LogP contribution in [0.4, 0.5) is 40.8 Å². The lowest BCUT2D eigenvalue weighted by Gasteiger charge is -2.17. The molecule has 4 aromatic carbocycles. The fourth-order valence-corrected chi connectivity index (χ4v) is 14.3. The van der Waals surface area contributed by atoms with Gasteiger partial charge in [-0.2, -0.15) is 0 Å². The van der Waals surface area contributed by atoms with Crippen molar-refractivity contribution >= 4 is 115 Å². The maximum atomic E-state index is 15.0. The van der Waals surface area contributed by atoms with Gasteiger partial charge in [0.15, 0.2) is 88.6 Å². The van der Waals surface area contributed by atoms with E-state index < -0.39 is 506 Å². The molecular formula is C96H124F4N24O16S4. The van der Waals surface area contributed by atoms with Crippen LogP contribution in [0.3, 0.4) is 0 Å². The number of benzene rings is 4. The largest absolute Gasteiger partial charge is 0.394 e. The molecule has 48 heteroatoms. The third kappa shape index (κ3) is 23.8. The van der Waals surface area contributed by atoms with Gasteiger partial charge in [-0.05, 0) is 147 Å². The summed E-state index contributed by atoms with van der Waals surface area (Å²) in [6.07, 6.45) is -82.3. The second-order valence-corrected chi connectivity index (χ2v) is 32.2. The van der Waals surface area contributed by atoms with Crippen molar-refractivity contribution in [2.24, 2.45) is 0 Å². The third-order valence-corrected chi connectivity index (χ3v) is 22.3. The van der Waals surface area contributed by atoms with E-state index in [0.717, 1.165) is 34.6 Å². The van der Waals surface area contributed by atoms with E-state index in [1.165, 1.54) is 20.8 Å². The number of fused-ring (bicyclic) bond motifs is 4. The number of ether oxygens (including phenoxy) is 4. The zero-order valence-corrected chi connectivity index (χ0v) is 77.8. The average molecular weight is 2140 g/mol. The minimum absolute atomic E-state index is 0.00183.